The number of aliphatic hydroxyl groups is 2. The molecule has 2 aromatic carbocycles. The topological polar surface area (TPSA) is 99.9 Å². The van der Waals surface area contributed by atoms with Crippen LogP contribution in [0.3, 0.4) is 0 Å². The summed E-state index contributed by atoms with van der Waals surface area (Å²) in [6, 6.07) is 17.8. The fraction of sp³-hybridized carbons (Fsp3) is 0.250. The number of ether oxygens (including phenoxy) is 1. The van der Waals surface area contributed by atoms with Crippen molar-refractivity contribution < 1.29 is 24.9 Å². The molecule has 0 amide bonds. The number of carbonyl (C=O) groups is 1. The van der Waals surface area contributed by atoms with Gasteiger partial charge in [-0.25, -0.2) is 0 Å². The average molecular weight is 438 g/mol. The van der Waals surface area contributed by atoms with Gasteiger partial charge in [-0.05, 0) is 18.1 Å². The van der Waals surface area contributed by atoms with Gasteiger partial charge in [-0.15, -0.1) is 0 Å². The van der Waals surface area contributed by atoms with Crippen LogP contribution in [-0.4, -0.2) is 32.4 Å². The van der Waals surface area contributed by atoms with Crippen molar-refractivity contribution in [2.75, 3.05) is 0 Å². The Morgan fingerprint density at radius 3 is 2.45 bits per heavy atom. The van der Waals surface area contributed by atoms with E-state index in [0.717, 1.165) is 5.56 Å². The number of aromatic nitrogens is 1. The molecule has 5 unspecified atom stereocenters. The number of carboxylic acid groups (broad SMARTS) is 1. The summed E-state index contributed by atoms with van der Waals surface area (Å²) in [6.07, 6.45) is -0.322. The molecule has 1 aliphatic carbocycles. The summed E-state index contributed by atoms with van der Waals surface area (Å²) in [5, 5.41) is 33.9. The smallest absolute Gasteiger partial charge is 0.310 e. The lowest BCUT2D eigenvalue weighted by molar-refractivity contribution is -0.160. The summed E-state index contributed by atoms with van der Waals surface area (Å²) in [4.78, 5) is 16.7. The van der Waals surface area contributed by atoms with Crippen molar-refractivity contribution in [2.24, 2.45) is 5.92 Å². The zero-order valence-electron chi connectivity index (χ0n) is 16.6. The Balaban J connectivity index is 1.87. The number of hydrogen-bond donors (Lipinski definition) is 3. The third kappa shape index (κ3) is 2.53. The highest BCUT2D eigenvalue weighted by Crippen LogP contribution is 2.68. The van der Waals surface area contributed by atoms with E-state index in [-0.39, 0.29) is 11.4 Å². The Hall–Kier alpha value is -2.93. The van der Waals surface area contributed by atoms with Crippen LogP contribution in [0.1, 0.15) is 28.3 Å². The van der Waals surface area contributed by atoms with Crippen molar-refractivity contribution in [3.8, 4) is 5.75 Å². The molecule has 7 heteroatoms. The first kappa shape index (κ1) is 20.0. The molecule has 0 radical (unpaired) electrons. The zero-order chi connectivity index (χ0) is 22.0. The highest BCUT2D eigenvalue weighted by Gasteiger charge is 2.78. The molecule has 5 rings (SSSR count). The summed E-state index contributed by atoms with van der Waals surface area (Å²) < 4.78 is 6.43. The molecule has 0 spiro atoms. The maximum atomic E-state index is 12.4. The number of fused-ring (bicyclic) bond motifs is 3. The Morgan fingerprint density at radius 1 is 1.13 bits per heavy atom. The van der Waals surface area contributed by atoms with Gasteiger partial charge < -0.3 is 20.1 Å². The predicted octanol–water partition coefficient (Wildman–Crippen LogP) is 3.38. The first-order valence-electron chi connectivity index (χ1n) is 9.91. The van der Waals surface area contributed by atoms with E-state index in [4.69, 9.17) is 16.3 Å². The number of aryl methyl sites for hydroxylation is 1. The van der Waals surface area contributed by atoms with Gasteiger partial charge in [0.25, 0.3) is 0 Å². The summed E-state index contributed by atoms with van der Waals surface area (Å²) in [7, 11) is 0. The number of pyridine rings is 1. The molecule has 2 heterocycles. The average Bonchev–Trinajstić information content (AvgIpc) is 3.12. The van der Waals surface area contributed by atoms with E-state index in [1.54, 1.807) is 36.4 Å². The third-order valence-corrected chi connectivity index (χ3v) is 6.71. The number of aliphatic carboxylic acids is 1. The van der Waals surface area contributed by atoms with Gasteiger partial charge in [0.05, 0.1) is 10.9 Å². The number of halogens is 1. The van der Waals surface area contributed by atoms with Gasteiger partial charge in [-0.1, -0.05) is 71.8 Å². The molecule has 31 heavy (non-hydrogen) atoms. The quantitative estimate of drug-likeness (QED) is 0.581. The van der Waals surface area contributed by atoms with Gasteiger partial charge in [-0.2, -0.15) is 0 Å². The highest BCUT2D eigenvalue weighted by molar-refractivity contribution is 6.30. The van der Waals surface area contributed by atoms with Crippen LogP contribution in [0.4, 0.5) is 0 Å². The van der Waals surface area contributed by atoms with Crippen LogP contribution in [0.25, 0.3) is 0 Å². The number of nitrogens with zero attached hydrogens (tertiary/aromatic N) is 1. The predicted molar refractivity (Wildman–Crippen MR) is 113 cm³/mol. The molecule has 3 N–H and O–H groups in total. The maximum Gasteiger partial charge on any atom is 0.310 e. The van der Waals surface area contributed by atoms with Crippen molar-refractivity contribution in [1.29, 1.82) is 0 Å². The number of benzene rings is 2. The Labute approximate surface area is 183 Å². The van der Waals surface area contributed by atoms with Crippen LogP contribution >= 0.6 is 11.6 Å². The first-order chi connectivity index (χ1) is 14.8. The molecule has 1 saturated carbocycles. The van der Waals surface area contributed by atoms with E-state index in [1.165, 1.54) is 12.3 Å². The van der Waals surface area contributed by atoms with E-state index in [9.17, 15) is 20.1 Å². The molecule has 1 aliphatic heterocycles. The lowest BCUT2D eigenvalue weighted by atomic mass is 9.71. The molecule has 2 aliphatic rings. The zero-order valence-corrected chi connectivity index (χ0v) is 17.3. The van der Waals surface area contributed by atoms with E-state index in [2.05, 4.69) is 4.98 Å². The summed E-state index contributed by atoms with van der Waals surface area (Å²) in [5.41, 5.74) is -1.48. The highest BCUT2D eigenvalue weighted by atomic mass is 35.5. The minimum absolute atomic E-state index is 0.0784. The minimum atomic E-state index is -2.11. The second kappa shape index (κ2) is 6.79. The molecule has 5 atom stereocenters. The third-order valence-electron chi connectivity index (χ3n) is 6.51. The van der Waals surface area contributed by atoms with Crippen LogP contribution in [-0.2, 0) is 16.0 Å². The van der Waals surface area contributed by atoms with Crippen molar-refractivity contribution in [2.45, 2.75) is 30.1 Å². The Kier molecular flexibility index (Phi) is 4.38. The van der Waals surface area contributed by atoms with Crippen LogP contribution in [0.15, 0.2) is 66.9 Å². The van der Waals surface area contributed by atoms with Crippen molar-refractivity contribution in [3.05, 3.63) is 94.3 Å². The van der Waals surface area contributed by atoms with Gasteiger partial charge in [0.1, 0.15) is 17.5 Å². The van der Waals surface area contributed by atoms with Crippen LogP contribution in [0.2, 0.25) is 5.02 Å². The first-order valence-corrected chi connectivity index (χ1v) is 10.3. The molecule has 158 valence electrons. The van der Waals surface area contributed by atoms with Gasteiger partial charge in [0.15, 0.2) is 11.2 Å². The second-order valence-corrected chi connectivity index (χ2v) is 8.60. The molecule has 0 bridgehead atoms. The largest absolute Gasteiger partial charge is 0.481 e. The SMILES string of the molecule is Cc1ccc(C23Oc4cc(Cl)cnc4C2(O)C(O)C(C(=O)O)C3c2ccccc2)cc1. The van der Waals surface area contributed by atoms with Crippen molar-refractivity contribution in [1.82, 2.24) is 4.98 Å². The number of hydrogen-bond acceptors (Lipinski definition) is 5. The standard InChI is InChI=1S/C24H20ClNO5/c1-13-7-9-15(10-8-13)24-19(14-5-3-2-4-6-14)18(22(28)29)21(27)23(24,30)20-17(31-24)11-16(25)12-26-20/h2-12,18-19,21,27,30H,1H3,(H,28,29). The van der Waals surface area contributed by atoms with E-state index < -0.39 is 35.1 Å². The molecule has 1 aromatic heterocycles. The van der Waals surface area contributed by atoms with E-state index in [1.807, 2.05) is 25.1 Å². The number of carboxylic acids is 1. The number of aliphatic hydroxyl groups excluding tert-OH is 1. The number of rotatable bonds is 3. The van der Waals surface area contributed by atoms with Gasteiger partial charge in [0.2, 0.25) is 0 Å². The second-order valence-electron chi connectivity index (χ2n) is 8.17. The monoisotopic (exact) mass is 437 g/mol. The lowest BCUT2D eigenvalue weighted by Crippen LogP contribution is -2.52. The normalized spacial score (nSPS) is 31.0. The summed E-state index contributed by atoms with van der Waals surface area (Å²) in [6.45, 7) is 1.93. The molecular weight excluding hydrogens is 418 g/mol. The fourth-order valence-electron chi connectivity index (χ4n) is 5.21. The molecule has 6 nitrogen and oxygen atoms in total. The Bertz CT molecular complexity index is 1170. The lowest BCUT2D eigenvalue weighted by Gasteiger charge is -2.40. The molecular formula is C24H20ClNO5. The van der Waals surface area contributed by atoms with Crippen molar-refractivity contribution >= 4 is 17.6 Å². The van der Waals surface area contributed by atoms with E-state index >= 15 is 0 Å². The van der Waals surface area contributed by atoms with Gasteiger partial charge in [0, 0.05) is 18.2 Å². The molecule has 0 saturated heterocycles. The minimum Gasteiger partial charge on any atom is -0.481 e. The summed E-state index contributed by atoms with van der Waals surface area (Å²) in [5.74, 6) is -3.24. The van der Waals surface area contributed by atoms with Crippen molar-refractivity contribution in [3.63, 3.8) is 0 Å². The Morgan fingerprint density at radius 2 is 1.81 bits per heavy atom. The van der Waals surface area contributed by atoms with Crippen LogP contribution in [0, 0.1) is 12.8 Å². The maximum absolute atomic E-state index is 12.4. The summed E-state index contributed by atoms with van der Waals surface area (Å²) >= 11 is 6.13. The molecule has 3 aromatic rings. The fourth-order valence-corrected chi connectivity index (χ4v) is 5.35. The van der Waals surface area contributed by atoms with Gasteiger partial charge >= 0.3 is 5.97 Å². The van der Waals surface area contributed by atoms with Crippen LogP contribution in [0.5, 0.6) is 5.75 Å². The van der Waals surface area contributed by atoms with Crippen LogP contribution < -0.4 is 4.74 Å². The molecule has 1 fully saturated rings. The van der Waals surface area contributed by atoms with E-state index in [0.29, 0.717) is 16.1 Å². The van der Waals surface area contributed by atoms with Gasteiger partial charge in [-0.3, -0.25) is 9.78 Å².